The summed E-state index contributed by atoms with van der Waals surface area (Å²) in [5.41, 5.74) is 7.10. The Kier molecular flexibility index (Phi) is 2.83. The summed E-state index contributed by atoms with van der Waals surface area (Å²) in [6.45, 7) is 0.667. The largest absolute Gasteiger partial charge is 0.506 e. The van der Waals surface area contributed by atoms with Gasteiger partial charge in [-0.1, -0.05) is 18.2 Å². The molecule has 0 saturated carbocycles. The van der Waals surface area contributed by atoms with Gasteiger partial charge in [0.15, 0.2) is 0 Å². The topological polar surface area (TPSA) is 59.1 Å². The van der Waals surface area contributed by atoms with Crippen molar-refractivity contribution in [2.75, 3.05) is 6.54 Å². The highest BCUT2D eigenvalue weighted by Gasteiger charge is 2.01. The standard InChI is InChI=1S/C12H14N2O/c13-8-2-4-10-7-6-9-3-1-5-11(15)12(9)14-10/h1,3,5-7,15H,2,4,8,13H2. The second-order valence-corrected chi connectivity index (χ2v) is 3.54. The fraction of sp³-hybridized carbons (Fsp3) is 0.250. The molecule has 3 heteroatoms. The van der Waals surface area contributed by atoms with Gasteiger partial charge in [0.25, 0.3) is 0 Å². The lowest BCUT2D eigenvalue weighted by atomic mass is 10.1. The van der Waals surface area contributed by atoms with Gasteiger partial charge in [0.2, 0.25) is 0 Å². The monoisotopic (exact) mass is 202 g/mol. The summed E-state index contributed by atoms with van der Waals surface area (Å²) >= 11 is 0. The number of hydrogen-bond donors (Lipinski definition) is 2. The van der Waals surface area contributed by atoms with Crippen LogP contribution in [0.25, 0.3) is 10.9 Å². The van der Waals surface area contributed by atoms with Crippen LogP contribution in [0, 0.1) is 0 Å². The highest BCUT2D eigenvalue weighted by molar-refractivity contribution is 5.84. The van der Waals surface area contributed by atoms with Crippen LogP contribution < -0.4 is 5.73 Å². The fourth-order valence-corrected chi connectivity index (χ4v) is 1.59. The first kappa shape index (κ1) is 9.93. The number of aromatic hydroxyl groups is 1. The van der Waals surface area contributed by atoms with Crippen molar-refractivity contribution >= 4 is 10.9 Å². The molecule has 2 rings (SSSR count). The van der Waals surface area contributed by atoms with Gasteiger partial charge in [0, 0.05) is 11.1 Å². The molecule has 1 heterocycles. The van der Waals surface area contributed by atoms with Crippen molar-refractivity contribution in [2.45, 2.75) is 12.8 Å². The highest BCUT2D eigenvalue weighted by Crippen LogP contribution is 2.22. The molecule has 0 saturated heterocycles. The van der Waals surface area contributed by atoms with Crippen LogP contribution in [0.1, 0.15) is 12.1 Å². The third-order valence-electron chi connectivity index (χ3n) is 2.39. The second-order valence-electron chi connectivity index (χ2n) is 3.54. The van der Waals surface area contributed by atoms with Crippen molar-refractivity contribution in [3.63, 3.8) is 0 Å². The lowest BCUT2D eigenvalue weighted by Crippen LogP contribution is -2.01. The van der Waals surface area contributed by atoms with Crippen molar-refractivity contribution < 1.29 is 5.11 Å². The Morgan fingerprint density at radius 2 is 2.07 bits per heavy atom. The van der Waals surface area contributed by atoms with E-state index in [1.54, 1.807) is 6.07 Å². The highest BCUT2D eigenvalue weighted by atomic mass is 16.3. The molecule has 0 aliphatic carbocycles. The third kappa shape index (κ3) is 2.07. The molecule has 3 N–H and O–H groups in total. The Hall–Kier alpha value is -1.61. The average molecular weight is 202 g/mol. The van der Waals surface area contributed by atoms with Crippen LogP contribution in [0.3, 0.4) is 0 Å². The minimum Gasteiger partial charge on any atom is -0.506 e. The molecule has 78 valence electrons. The Morgan fingerprint density at radius 1 is 1.20 bits per heavy atom. The Bertz CT molecular complexity index is 468. The van der Waals surface area contributed by atoms with Crippen LogP contribution in [0.4, 0.5) is 0 Å². The van der Waals surface area contributed by atoms with E-state index in [4.69, 9.17) is 5.73 Å². The number of benzene rings is 1. The molecular formula is C12H14N2O. The number of nitrogens with two attached hydrogens (primary N) is 1. The van der Waals surface area contributed by atoms with E-state index in [0.29, 0.717) is 12.1 Å². The van der Waals surface area contributed by atoms with E-state index in [0.717, 1.165) is 23.9 Å². The summed E-state index contributed by atoms with van der Waals surface area (Å²) in [7, 11) is 0. The molecule has 15 heavy (non-hydrogen) atoms. The summed E-state index contributed by atoms with van der Waals surface area (Å²) in [4.78, 5) is 4.41. The number of phenols is 1. The van der Waals surface area contributed by atoms with Gasteiger partial charge < -0.3 is 10.8 Å². The van der Waals surface area contributed by atoms with Crippen molar-refractivity contribution in [3.8, 4) is 5.75 Å². The van der Waals surface area contributed by atoms with Gasteiger partial charge >= 0.3 is 0 Å². The van der Waals surface area contributed by atoms with Crippen LogP contribution in [0.15, 0.2) is 30.3 Å². The smallest absolute Gasteiger partial charge is 0.141 e. The van der Waals surface area contributed by atoms with Gasteiger partial charge in [-0.05, 0) is 31.5 Å². The zero-order chi connectivity index (χ0) is 10.7. The summed E-state index contributed by atoms with van der Waals surface area (Å²) in [5, 5.41) is 10.6. The zero-order valence-corrected chi connectivity index (χ0v) is 8.48. The summed E-state index contributed by atoms with van der Waals surface area (Å²) < 4.78 is 0. The molecule has 0 aliphatic heterocycles. The quantitative estimate of drug-likeness (QED) is 0.798. The predicted molar refractivity (Wildman–Crippen MR) is 60.8 cm³/mol. The molecule has 0 aliphatic rings. The van der Waals surface area contributed by atoms with Crippen molar-refractivity contribution in [1.82, 2.24) is 4.98 Å². The molecule has 0 fully saturated rings. The van der Waals surface area contributed by atoms with Gasteiger partial charge in [-0.3, -0.25) is 0 Å². The number of pyridine rings is 1. The first-order valence-corrected chi connectivity index (χ1v) is 5.09. The maximum absolute atomic E-state index is 9.63. The lowest BCUT2D eigenvalue weighted by molar-refractivity contribution is 0.480. The third-order valence-corrected chi connectivity index (χ3v) is 2.39. The lowest BCUT2D eigenvalue weighted by Gasteiger charge is -2.03. The minimum atomic E-state index is 0.238. The van der Waals surface area contributed by atoms with E-state index in [2.05, 4.69) is 4.98 Å². The average Bonchev–Trinajstić information content (AvgIpc) is 2.27. The van der Waals surface area contributed by atoms with E-state index in [1.807, 2.05) is 24.3 Å². The fourth-order valence-electron chi connectivity index (χ4n) is 1.59. The molecule has 0 spiro atoms. The van der Waals surface area contributed by atoms with E-state index in [9.17, 15) is 5.11 Å². The number of fused-ring (bicyclic) bond motifs is 1. The molecule has 0 unspecified atom stereocenters. The molecule has 1 aromatic carbocycles. The number of phenolic OH excluding ortho intramolecular Hbond substituents is 1. The van der Waals surface area contributed by atoms with E-state index in [1.165, 1.54) is 0 Å². The van der Waals surface area contributed by atoms with Gasteiger partial charge in [0.05, 0.1) is 0 Å². The molecule has 1 aromatic heterocycles. The number of nitrogens with zero attached hydrogens (tertiary/aromatic N) is 1. The number of rotatable bonds is 3. The maximum Gasteiger partial charge on any atom is 0.141 e. The molecule has 3 nitrogen and oxygen atoms in total. The van der Waals surface area contributed by atoms with Gasteiger partial charge in [-0.2, -0.15) is 0 Å². The van der Waals surface area contributed by atoms with Gasteiger partial charge in [-0.15, -0.1) is 0 Å². The maximum atomic E-state index is 9.63. The normalized spacial score (nSPS) is 10.7. The number of hydrogen-bond acceptors (Lipinski definition) is 3. The number of aryl methyl sites for hydroxylation is 1. The van der Waals surface area contributed by atoms with Crippen LogP contribution in [0.2, 0.25) is 0 Å². The first-order chi connectivity index (χ1) is 7.31. The number of para-hydroxylation sites is 1. The molecule has 2 aromatic rings. The zero-order valence-electron chi connectivity index (χ0n) is 8.48. The van der Waals surface area contributed by atoms with Crippen LogP contribution >= 0.6 is 0 Å². The van der Waals surface area contributed by atoms with Gasteiger partial charge in [-0.25, -0.2) is 4.98 Å². The van der Waals surface area contributed by atoms with Crippen molar-refractivity contribution in [1.29, 1.82) is 0 Å². The van der Waals surface area contributed by atoms with Crippen molar-refractivity contribution in [2.24, 2.45) is 5.73 Å². The molecule has 0 bridgehead atoms. The summed E-state index contributed by atoms with van der Waals surface area (Å²) in [6.07, 6.45) is 1.78. The molecular weight excluding hydrogens is 188 g/mol. The molecule has 0 amide bonds. The van der Waals surface area contributed by atoms with E-state index >= 15 is 0 Å². The Morgan fingerprint density at radius 3 is 2.87 bits per heavy atom. The van der Waals surface area contributed by atoms with Gasteiger partial charge in [0.1, 0.15) is 11.3 Å². The second kappa shape index (κ2) is 4.28. The van der Waals surface area contributed by atoms with E-state index < -0.39 is 0 Å². The van der Waals surface area contributed by atoms with Crippen LogP contribution in [-0.2, 0) is 6.42 Å². The van der Waals surface area contributed by atoms with E-state index in [-0.39, 0.29) is 5.75 Å². The summed E-state index contributed by atoms with van der Waals surface area (Å²) in [5.74, 6) is 0.238. The number of aromatic nitrogens is 1. The Balaban J connectivity index is 2.41. The SMILES string of the molecule is NCCCc1ccc2cccc(O)c2n1. The van der Waals surface area contributed by atoms with Crippen LogP contribution in [-0.4, -0.2) is 16.6 Å². The molecule has 0 radical (unpaired) electrons. The molecule has 0 atom stereocenters. The first-order valence-electron chi connectivity index (χ1n) is 5.09. The van der Waals surface area contributed by atoms with Crippen LogP contribution in [0.5, 0.6) is 5.75 Å². The summed E-state index contributed by atoms with van der Waals surface area (Å²) in [6, 6.07) is 9.38. The minimum absolute atomic E-state index is 0.238. The Labute approximate surface area is 88.6 Å². The predicted octanol–water partition coefficient (Wildman–Crippen LogP) is 1.83. The van der Waals surface area contributed by atoms with Crippen molar-refractivity contribution in [3.05, 3.63) is 36.0 Å².